The van der Waals surface area contributed by atoms with Gasteiger partial charge in [-0.25, -0.2) is 13.2 Å². The lowest BCUT2D eigenvalue weighted by molar-refractivity contribution is 0.0736. The van der Waals surface area contributed by atoms with Gasteiger partial charge in [0.15, 0.2) is 0 Å². The van der Waals surface area contributed by atoms with Crippen LogP contribution in [0.1, 0.15) is 21.5 Å². The summed E-state index contributed by atoms with van der Waals surface area (Å²) < 4.78 is 33.1. The van der Waals surface area contributed by atoms with Crippen LogP contribution in [0.2, 0.25) is 0 Å². The van der Waals surface area contributed by atoms with Crippen LogP contribution >= 0.6 is 0 Å². The van der Waals surface area contributed by atoms with Crippen molar-refractivity contribution in [1.29, 1.82) is 0 Å². The van der Waals surface area contributed by atoms with E-state index in [9.17, 15) is 13.2 Å². The van der Waals surface area contributed by atoms with Crippen molar-refractivity contribution in [3.63, 3.8) is 0 Å². The second-order valence-corrected chi connectivity index (χ2v) is 7.85. The summed E-state index contributed by atoms with van der Waals surface area (Å²) in [7, 11) is -3.82. The van der Waals surface area contributed by atoms with Crippen molar-refractivity contribution in [2.45, 2.75) is 18.7 Å². The molecule has 0 saturated carbocycles. The van der Waals surface area contributed by atoms with Crippen molar-refractivity contribution in [2.75, 3.05) is 4.72 Å². The van der Waals surface area contributed by atoms with Gasteiger partial charge in [0.05, 0.1) is 16.1 Å². The van der Waals surface area contributed by atoms with E-state index in [2.05, 4.69) is 4.72 Å². The molecule has 5 nitrogen and oxygen atoms in total. The molecule has 0 unspecified atom stereocenters. The van der Waals surface area contributed by atoms with Gasteiger partial charge in [0.2, 0.25) is 0 Å². The molecule has 0 aliphatic heterocycles. The zero-order chi connectivity index (χ0) is 19.4. The lowest BCUT2D eigenvalue weighted by Gasteiger charge is -2.12. The highest BCUT2D eigenvalue weighted by Gasteiger charge is 2.19. The lowest BCUT2D eigenvalue weighted by Crippen LogP contribution is -2.17. The number of sulfonamides is 1. The number of hydrogen-bond donors (Lipinski definition) is 1. The minimum atomic E-state index is -3.82. The summed E-state index contributed by atoms with van der Waals surface area (Å²) in [6.07, 6.45) is 0. The highest BCUT2D eigenvalue weighted by atomic mass is 32.2. The molecule has 0 saturated heterocycles. The molecule has 0 aromatic heterocycles. The first-order chi connectivity index (χ1) is 12.8. The Morgan fingerprint density at radius 1 is 0.815 bits per heavy atom. The van der Waals surface area contributed by atoms with Crippen molar-refractivity contribution in [3.05, 3.63) is 89.5 Å². The Hall–Kier alpha value is -3.12. The van der Waals surface area contributed by atoms with E-state index < -0.39 is 16.0 Å². The van der Waals surface area contributed by atoms with Crippen molar-refractivity contribution >= 4 is 21.7 Å². The molecule has 0 radical (unpaired) electrons. The summed E-state index contributed by atoms with van der Waals surface area (Å²) >= 11 is 0. The van der Waals surface area contributed by atoms with Crippen LogP contribution in [0.15, 0.2) is 77.7 Å². The third kappa shape index (κ3) is 4.54. The number of esters is 1. The molecule has 1 N–H and O–H groups in total. The van der Waals surface area contributed by atoms with Crippen LogP contribution in [0.3, 0.4) is 0 Å². The van der Waals surface area contributed by atoms with Gasteiger partial charge < -0.3 is 4.74 Å². The van der Waals surface area contributed by atoms with Crippen molar-refractivity contribution < 1.29 is 17.9 Å². The molecule has 0 bridgehead atoms. The van der Waals surface area contributed by atoms with E-state index in [1.807, 2.05) is 26.0 Å². The SMILES string of the molecule is Cc1ccc(OC(=O)c2ccccc2NS(=O)(=O)c2ccc(C)cc2)cc1. The number of para-hydroxylation sites is 1. The molecule has 3 aromatic rings. The average Bonchev–Trinajstić information content (AvgIpc) is 2.64. The summed E-state index contributed by atoms with van der Waals surface area (Å²) in [6, 6.07) is 19.8. The maximum absolute atomic E-state index is 12.6. The molecule has 0 heterocycles. The maximum atomic E-state index is 12.6. The minimum absolute atomic E-state index is 0.120. The van der Waals surface area contributed by atoms with E-state index in [4.69, 9.17) is 4.74 Å². The number of anilines is 1. The summed E-state index contributed by atoms with van der Waals surface area (Å²) in [6.45, 7) is 3.81. The molecule has 138 valence electrons. The Morgan fingerprint density at radius 2 is 1.37 bits per heavy atom. The number of aryl methyl sites for hydroxylation is 2. The molecule has 3 rings (SSSR count). The maximum Gasteiger partial charge on any atom is 0.345 e. The van der Waals surface area contributed by atoms with Crippen LogP contribution in [-0.2, 0) is 10.0 Å². The highest BCUT2D eigenvalue weighted by Crippen LogP contribution is 2.22. The van der Waals surface area contributed by atoms with Crippen LogP contribution in [0.5, 0.6) is 5.75 Å². The Balaban J connectivity index is 1.86. The van der Waals surface area contributed by atoms with Gasteiger partial charge >= 0.3 is 5.97 Å². The van der Waals surface area contributed by atoms with Crippen LogP contribution < -0.4 is 9.46 Å². The molecule has 0 atom stereocenters. The highest BCUT2D eigenvalue weighted by molar-refractivity contribution is 7.92. The Bertz CT molecular complexity index is 1060. The zero-order valence-electron chi connectivity index (χ0n) is 15.0. The van der Waals surface area contributed by atoms with Crippen molar-refractivity contribution in [3.8, 4) is 5.75 Å². The van der Waals surface area contributed by atoms with E-state index in [0.717, 1.165) is 11.1 Å². The summed E-state index contributed by atoms with van der Waals surface area (Å²) in [5.41, 5.74) is 2.29. The lowest BCUT2D eigenvalue weighted by atomic mass is 10.2. The van der Waals surface area contributed by atoms with Crippen molar-refractivity contribution in [1.82, 2.24) is 0 Å². The minimum Gasteiger partial charge on any atom is -0.423 e. The molecule has 0 aliphatic carbocycles. The van der Waals surface area contributed by atoms with Gasteiger partial charge in [0, 0.05) is 0 Å². The van der Waals surface area contributed by atoms with Gasteiger partial charge in [0.25, 0.3) is 10.0 Å². The standard InChI is InChI=1S/C21H19NO4S/c1-15-7-11-17(12-8-15)26-21(23)19-5-3-4-6-20(19)22-27(24,25)18-13-9-16(2)10-14-18/h3-14,22H,1-2H3. The molecular formula is C21H19NO4S. The molecular weight excluding hydrogens is 362 g/mol. The summed E-state index contributed by atoms with van der Waals surface area (Å²) in [5, 5.41) is 0. The Morgan fingerprint density at radius 3 is 2.00 bits per heavy atom. The van der Waals surface area contributed by atoms with E-state index in [0.29, 0.717) is 5.75 Å². The van der Waals surface area contributed by atoms with Gasteiger partial charge in [-0.05, 0) is 50.2 Å². The third-order valence-corrected chi connectivity index (χ3v) is 5.34. The number of rotatable bonds is 5. The quantitative estimate of drug-likeness (QED) is 0.528. The predicted molar refractivity (Wildman–Crippen MR) is 105 cm³/mol. The predicted octanol–water partition coefficient (Wildman–Crippen LogP) is 4.32. The number of carbonyl (C=O) groups excluding carboxylic acids is 1. The molecule has 6 heteroatoms. The van der Waals surface area contributed by atoms with E-state index in [1.54, 1.807) is 36.4 Å². The first-order valence-corrected chi connectivity index (χ1v) is 9.81. The van der Waals surface area contributed by atoms with Crippen molar-refractivity contribution in [2.24, 2.45) is 0 Å². The number of hydrogen-bond acceptors (Lipinski definition) is 4. The molecule has 3 aromatic carbocycles. The van der Waals surface area contributed by atoms with Gasteiger partial charge in [-0.3, -0.25) is 4.72 Å². The number of carbonyl (C=O) groups is 1. The van der Waals surface area contributed by atoms with E-state index >= 15 is 0 Å². The third-order valence-electron chi connectivity index (χ3n) is 3.95. The van der Waals surface area contributed by atoms with Gasteiger partial charge in [-0.1, -0.05) is 47.5 Å². The average molecular weight is 381 g/mol. The van der Waals surface area contributed by atoms with E-state index in [-0.39, 0.29) is 16.1 Å². The van der Waals surface area contributed by atoms with Crippen LogP contribution in [0.4, 0.5) is 5.69 Å². The monoisotopic (exact) mass is 381 g/mol. The van der Waals surface area contributed by atoms with Crippen LogP contribution in [0.25, 0.3) is 0 Å². The van der Waals surface area contributed by atoms with Crippen LogP contribution in [-0.4, -0.2) is 14.4 Å². The normalized spacial score (nSPS) is 11.0. The molecule has 0 amide bonds. The Labute approximate surface area is 158 Å². The number of benzene rings is 3. The molecule has 0 aliphatic rings. The smallest absolute Gasteiger partial charge is 0.345 e. The van der Waals surface area contributed by atoms with E-state index in [1.165, 1.54) is 24.3 Å². The van der Waals surface area contributed by atoms with Gasteiger partial charge in [0.1, 0.15) is 5.75 Å². The molecule has 0 fully saturated rings. The fourth-order valence-corrected chi connectivity index (χ4v) is 3.52. The van der Waals surface area contributed by atoms with Gasteiger partial charge in [-0.15, -0.1) is 0 Å². The second kappa shape index (κ2) is 7.63. The first-order valence-electron chi connectivity index (χ1n) is 8.32. The summed E-state index contributed by atoms with van der Waals surface area (Å²) in [5.74, 6) is -0.247. The number of nitrogens with one attached hydrogen (secondary N) is 1. The first kappa shape index (κ1) is 18.7. The second-order valence-electron chi connectivity index (χ2n) is 6.17. The molecule has 27 heavy (non-hydrogen) atoms. The van der Waals surface area contributed by atoms with Crippen LogP contribution in [0, 0.1) is 13.8 Å². The fraction of sp³-hybridized carbons (Fsp3) is 0.0952. The zero-order valence-corrected chi connectivity index (χ0v) is 15.8. The summed E-state index contributed by atoms with van der Waals surface area (Å²) in [4.78, 5) is 12.6. The molecule has 0 spiro atoms. The van der Waals surface area contributed by atoms with Gasteiger partial charge in [-0.2, -0.15) is 0 Å². The topological polar surface area (TPSA) is 72.5 Å². The largest absolute Gasteiger partial charge is 0.423 e. The Kier molecular flexibility index (Phi) is 5.28. The fourth-order valence-electron chi connectivity index (χ4n) is 2.44. The number of ether oxygens (including phenoxy) is 1.